The molecule has 178 valence electrons. The lowest BCUT2D eigenvalue weighted by Crippen LogP contribution is -2.10. The Balaban J connectivity index is 1.40. The SMILES string of the molecule is CCCC(=O)Nc1cncc(-c2cc3c(-c4nc5c(-c6ccc(C)s6)cncc5[nH]4)n[nH]c3cn2)c1. The molecule has 6 aromatic rings. The van der Waals surface area contributed by atoms with Gasteiger partial charge in [-0.3, -0.25) is 24.8 Å². The number of anilines is 1. The van der Waals surface area contributed by atoms with Crippen LogP contribution in [0.5, 0.6) is 0 Å². The molecule has 3 N–H and O–H groups in total. The summed E-state index contributed by atoms with van der Waals surface area (Å²) in [5.41, 5.74) is 6.33. The van der Waals surface area contributed by atoms with Crippen molar-refractivity contribution in [2.45, 2.75) is 26.7 Å². The Kier molecular flexibility index (Phi) is 5.49. The average molecular weight is 495 g/mol. The highest BCUT2D eigenvalue weighted by Gasteiger charge is 2.17. The van der Waals surface area contributed by atoms with Gasteiger partial charge in [-0.05, 0) is 37.6 Å². The number of nitrogens with one attached hydrogen (secondary N) is 3. The van der Waals surface area contributed by atoms with Crippen LogP contribution in [0, 0.1) is 6.92 Å². The molecule has 0 fully saturated rings. The first-order valence-electron chi connectivity index (χ1n) is 11.6. The first-order chi connectivity index (χ1) is 17.6. The normalized spacial score (nSPS) is 11.4. The smallest absolute Gasteiger partial charge is 0.224 e. The molecule has 0 bridgehead atoms. The number of aromatic amines is 2. The van der Waals surface area contributed by atoms with Gasteiger partial charge in [0.2, 0.25) is 5.91 Å². The Morgan fingerprint density at radius 1 is 1.06 bits per heavy atom. The van der Waals surface area contributed by atoms with Crippen molar-refractivity contribution in [3.8, 4) is 33.2 Å². The topological polar surface area (TPSA) is 125 Å². The molecule has 0 aromatic carbocycles. The van der Waals surface area contributed by atoms with Crippen molar-refractivity contribution >= 4 is 44.9 Å². The van der Waals surface area contributed by atoms with Gasteiger partial charge in [0.1, 0.15) is 11.2 Å². The molecule has 0 saturated carbocycles. The minimum atomic E-state index is -0.0339. The van der Waals surface area contributed by atoms with Gasteiger partial charge in [0.25, 0.3) is 0 Å². The maximum Gasteiger partial charge on any atom is 0.224 e. The van der Waals surface area contributed by atoms with Crippen molar-refractivity contribution in [2.24, 2.45) is 0 Å². The van der Waals surface area contributed by atoms with E-state index in [4.69, 9.17) is 4.98 Å². The van der Waals surface area contributed by atoms with E-state index in [0.29, 0.717) is 23.6 Å². The molecule has 0 aliphatic heterocycles. The van der Waals surface area contributed by atoms with E-state index in [1.165, 1.54) is 4.88 Å². The number of aromatic nitrogens is 7. The third kappa shape index (κ3) is 4.01. The monoisotopic (exact) mass is 494 g/mol. The van der Waals surface area contributed by atoms with E-state index in [-0.39, 0.29) is 5.91 Å². The number of aryl methyl sites for hydroxylation is 1. The van der Waals surface area contributed by atoms with Gasteiger partial charge in [0.05, 0.1) is 41.0 Å². The van der Waals surface area contributed by atoms with Crippen molar-refractivity contribution < 1.29 is 4.79 Å². The number of hydrogen-bond acceptors (Lipinski definition) is 7. The molecule has 9 nitrogen and oxygen atoms in total. The Morgan fingerprint density at radius 3 is 2.78 bits per heavy atom. The molecule has 10 heteroatoms. The Morgan fingerprint density at radius 2 is 1.94 bits per heavy atom. The fraction of sp³-hybridized carbons (Fsp3) is 0.154. The van der Waals surface area contributed by atoms with Crippen LogP contribution in [-0.2, 0) is 4.79 Å². The zero-order valence-electron chi connectivity index (χ0n) is 19.7. The average Bonchev–Trinajstić information content (AvgIpc) is 3.61. The van der Waals surface area contributed by atoms with Gasteiger partial charge in [0.15, 0.2) is 5.82 Å². The van der Waals surface area contributed by atoms with Gasteiger partial charge in [-0.15, -0.1) is 11.3 Å². The molecule has 0 saturated heterocycles. The van der Waals surface area contributed by atoms with Gasteiger partial charge >= 0.3 is 0 Å². The number of amides is 1. The van der Waals surface area contributed by atoms with Gasteiger partial charge in [-0.1, -0.05) is 6.92 Å². The van der Waals surface area contributed by atoms with Crippen LogP contribution in [0.4, 0.5) is 5.69 Å². The van der Waals surface area contributed by atoms with E-state index in [9.17, 15) is 4.79 Å². The zero-order valence-corrected chi connectivity index (χ0v) is 20.5. The first-order valence-corrected chi connectivity index (χ1v) is 12.4. The first kappa shape index (κ1) is 22.1. The van der Waals surface area contributed by atoms with Crippen LogP contribution in [-0.4, -0.2) is 41.0 Å². The maximum atomic E-state index is 12.0. The number of imidazole rings is 1. The fourth-order valence-electron chi connectivity index (χ4n) is 4.16. The molecular formula is C26H22N8OS. The molecule has 0 radical (unpaired) electrons. The molecule has 1 amide bonds. The summed E-state index contributed by atoms with van der Waals surface area (Å²) in [5.74, 6) is 0.614. The summed E-state index contributed by atoms with van der Waals surface area (Å²) in [6, 6.07) is 8.02. The summed E-state index contributed by atoms with van der Waals surface area (Å²) in [7, 11) is 0. The van der Waals surface area contributed by atoms with Crippen molar-refractivity contribution in [1.29, 1.82) is 0 Å². The van der Waals surface area contributed by atoms with Crippen LogP contribution in [0.3, 0.4) is 0 Å². The van der Waals surface area contributed by atoms with E-state index in [1.54, 1.807) is 36.1 Å². The third-order valence-electron chi connectivity index (χ3n) is 5.87. The second-order valence-electron chi connectivity index (χ2n) is 8.53. The number of hydrogen-bond donors (Lipinski definition) is 3. The highest BCUT2D eigenvalue weighted by molar-refractivity contribution is 7.15. The minimum Gasteiger partial charge on any atom is -0.335 e. The number of carbonyl (C=O) groups excluding carboxylic acids is 1. The fourth-order valence-corrected chi connectivity index (χ4v) is 5.04. The molecule has 0 aliphatic carbocycles. The molecule has 6 aromatic heterocycles. The molecule has 0 atom stereocenters. The van der Waals surface area contributed by atoms with E-state index in [2.05, 4.69) is 54.5 Å². The number of thiophene rings is 1. The predicted molar refractivity (Wildman–Crippen MR) is 142 cm³/mol. The third-order valence-corrected chi connectivity index (χ3v) is 6.90. The summed E-state index contributed by atoms with van der Waals surface area (Å²) in [4.78, 5) is 35.9. The number of carbonyl (C=O) groups is 1. The van der Waals surface area contributed by atoms with E-state index in [0.717, 1.165) is 50.1 Å². The number of pyridine rings is 3. The maximum absolute atomic E-state index is 12.0. The van der Waals surface area contributed by atoms with Gasteiger partial charge in [-0.2, -0.15) is 5.10 Å². The van der Waals surface area contributed by atoms with Crippen molar-refractivity contribution in [3.05, 3.63) is 60.1 Å². The van der Waals surface area contributed by atoms with Gasteiger partial charge in [-0.25, -0.2) is 4.98 Å². The Labute approximate surface area is 210 Å². The summed E-state index contributed by atoms with van der Waals surface area (Å²) in [6.45, 7) is 4.06. The second-order valence-corrected chi connectivity index (χ2v) is 9.81. The lowest BCUT2D eigenvalue weighted by Gasteiger charge is -2.06. The van der Waals surface area contributed by atoms with Crippen molar-refractivity contribution in [2.75, 3.05) is 5.32 Å². The van der Waals surface area contributed by atoms with E-state index in [1.807, 2.05) is 25.3 Å². The van der Waals surface area contributed by atoms with Crippen molar-refractivity contribution in [3.63, 3.8) is 0 Å². The lowest BCUT2D eigenvalue weighted by molar-refractivity contribution is -0.116. The van der Waals surface area contributed by atoms with Crippen molar-refractivity contribution in [1.82, 2.24) is 35.1 Å². The van der Waals surface area contributed by atoms with E-state index < -0.39 is 0 Å². The molecule has 0 unspecified atom stereocenters. The standard InChI is InChI=1S/C26H22N8OS/c1-3-4-23(35)30-16-7-15(9-27-10-16)19-8-17-20(13-29-19)33-34-25(17)26-31-21-12-28-11-18(24(21)32-26)22-6-5-14(2)36-22/h5-13H,3-4H2,1-2H3,(H,30,35)(H,31,32)(H,33,34). The van der Waals surface area contributed by atoms with Crippen LogP contribution < -0.4 is 5.32 Å². The lowest BCUT2D eigenvalue weighted by atomic mass is 10.1. The van der Waals surface area contributed by atoms with Crippen LogP contribution in [0.25, 0.3) is 55.2 Å². The largest absolute Gasteiger partial charge is 0.335 e. The van der Waals surface area contributed by atoms with Crippen LogP contribution in [0.15, 0.2) is 55.2 Å². The quantitative estimate of drug-likeness (QED) is 0.271. The summed E-state index contributed by atoms with van der Waals surface area (Å²) < 4.78 is 0. The second kappa shape index (κ2) is 8.97. The zero-order chi connectivity index (χ0) is 24.6. The summed E-state index contributed by atoms with van der Waals surface area (Å²) >= 11 is 1.72. The summed E-state index contributed by atoms with van der Waals surface area (Å²) in [6.07, 6.45) is 9.98. The number of nitrogens with zero attached hydrogens (tertiary/aromatic N) is 5. The highest BCUT2D eigenvalue weighted by Crippen LogP contribution is 2.34. The van der Waals surface area contributed by atoms with Crippen LogP contribution in [0.2, 0.25) is 0 Å². The number of fused-ring (bicyclic) bond motifs is 2. The molecule has 6 heterocycles. The highest BCUT2D eigenvalue weighted by atomic mass is 32.1. The van der Waals surface area contributed by atoms with Gasteiger partial charge < -0.3 is 10.3 Å². The molecule has 0 spiro atoms. The predicted octanol–water partition coefficient (Wildman–Crippen LogP) is 5.73. The Bertz CT molecular complexity index is 1730. The Hall–Kier alpha value is -4.44. The van der Waals surface area contributed by atoms with Crippen LogP contribution >= 0.6 is 11.3 Å². The molecule has 0 aliphatic rings. The molecule has 36 heavy (non-hydrogen) atoms. The van der Waals surface area contributed by atoms with E-state index >= 15 is 0 Å². The summed E-state index contributed by atoms with van der Waals surface area (Å²) in [5, 5.41) is 11.3. The minimum absolute atomic E-state index is 0.0339. The van der Waals surface area contributed by atoms with Gasteiger partial charge in [0, 0.05) is 45.1 Å². The molecule has 6 rings (SSSR count). The number of H-pyrrole nitrogens is 2. The number of rotatable bonds is 6. The molecular weight excluding hydrogens is 472 g/mol. The van der Waals surface area contributed by atoms with Crippen LogP contribution in [0.1, 0.15) is 24.6 Å².